The van der Waals surface area contributed by atoms with Crippen LogP contribution >= 0.6 is 15.9 Å². The van der Waals surface area contributed by atoms with Crippen molar-refractivity contribution >= 4 is 27.5 Å². The van der Waals surface area contributed by atoms with Gasteiger partial charge in [-0.3, -0.25) is 4.79 Å². The molecule has 0 bridgehead atoms. The number of halogens is 1. The van der Waals surface area contributed by atoms with Crippen molar-refractivity contribution in [1.29, 1.82) is 0 Å². The molecule has 1 aromatic heterocycles. The van der Waals surface area contributed by atoms with Crippen molar-refractivity contribution in [3.63, 3.8) is 0 Å². The summed E-state index contributed by atoms with van der Waals surface area (Å²) in [6, 6.07) is 5.50. The van der Waals surface area contributed by atoms with Crippen LogP contribution in [0.1, 0.15) is 15.9 Å². The van der Waals surface area contributed by atoms with Crippen LogP contribution in [0.25, 0.3) is 0 Å². The summed E-state index contributed by atoms with van der Waals surface area (Å²) in [7, 11) is 0. The lowest BCUT2D eigenvalue weighted by Gasteiger charge is -2.08. The Labute approximate surface area is 107 Å². The molecule has 0 aliphatic rings. The molecular weight excluding hydrogens is 282 g/mol. The van der Waals surface area contributed by atoms with E-state index < -0.39 is 0 Å². The van der Waals surface area contributed by atoms with Crippen molar-refractivity contribution in [2.24, 2.45) is 0 Å². The summed E-state index contributed by atoms with van der Waals surface area (Å²) in [4.78, 5) is 19.7. The molecule has 2 aromatic rings. The molecule has 1 N–H and O–H groups in total. The number of nitrogens with zero attached hydrogens (tertiary/aromatic N) is 2. The van der Waals surface area contributed by atoms with E-state index in [0.29, 0.717) is 11.3 Å². The van der Waals surface area contributed by atoms with E-state index in [1.54, 1.807) is 18.5 Å². The zero-order chi connectivity index (χ0) is 12.3. The molecule has 0 spiro atoms. The predicted molar refractivity (Wildman–Crippen MR) is 68.9 cm³/mol. The Kier molecular flexibility index (Phi) is 3.49. The number of nitrogens with one attached hydrogen (secondary N) is 1. The largest absolute Gasteiger partial charge is 0.319 e. The maximum atomic E-state index is 12.0. The second-order valence-electron chi connectivity index (χ2n) is 3.49. The average molecular weight is 292 g/mol. The van der Waals surface area contributed by atoms with Crippen molar-refractivity contribution in [1.82, 2.24) is 9.97 Å². The molecule has 0 fully saturated rings. The Balaban J connectivity index is 2.24. The van der Waals surface area contributed by atoms with Crippen LogP contribution in [0.4, 0.5) is 5.69 Å². The van der Waals surface area contributed by atoms with Gasteiger partial charge in [-0.15, -0.1) is 0 Å². The molecule has 0 saturated heterocycles. The fourth-order valence-electron chi connectivity index (χ4n) is 1.42. The third-order valence-corrected chi connectivity index (χ3v) is 3.19. The normalized spacial score (nSPS) is 10.0. The second kappa shape index (κ2) is 5.05. The van der Waals surface area contributed by atoms with E-state index in [1.165, 1.54) is 6.33 Å². The molecule has 0 aliphatic carbocycles. The number of amides is 1. The average Bonchev–Trinajstić information content (AvgIpc) is 2.34. The minimum atomic E-state index is -0.168. The van der Waals surface area contributed by atoms with Crippen LogP contribution in [0.2, 0.25) is 0 Å². The highest BCUT2D eigenvalue weighted by Gasteiger charge is 2.10. The Morgan fingerprint density at radius 1 is 1.29 bits per heavy atom. The molecule has 5 heteroatoms. The number of carbonyl (C=O) groups is 1. The van der Waals surface area contributed by atoms with E-state index in [1.807, 2.05) is 19.1 Å². The first-order chi connectivity index (χ1) is 8.18. The molecule has 4 nitrogen and oxygen atoms in total. The maximum absolute atomic E-state index is 12.0. The van der Waals surface area contributed by atoms with Gasteiger partial charge >= 0.3 is 0 Å². The van der Waals surface area contributed by atoms with Crippen LogP contribution in [-0.4, -0.2) is 15.9 Å². The van der Waals surface area contributed by atoms with Gasteiger partial charge in [-0.05, 0) is 24.6 Å². The zero-order valence-corrected chi connectivity index (χ0v) is 10.7. The van der Waals surface area contributed by atoms with Gasteiger partial charge in [-0.25, -0.2) is 9.97 Å². The van der Waals surface area contributed by atoms with E-state index in [-0.39, 0.29) is 5.91 Å². The maximum Gasteiger partial charge on any atom is 0.256 e. The number of rotatable bonds is 2. The van der Waals surface area contributed by atoms with E-state index >= 15 is 0 Å². The molecule has 0 atom stereocenters. The molecule has 17 heavy (non-hydrogen) atoms. The standard InChI is InChI=1S/C12H10BrN3O/c1-8-10(3-2-4-11(8)13)12(17)16-9-5-14-7-15-6-9/h2-7H,1H3,(H,16,17). The van der Waals surface area contributed by atoms with Gasteiger partial charge in [0, 0.05) is 10.0 Å². The molecule has 1 amide bonds. The smallest absolute Gasteiger partial charge is 0.256 e. The first-order valence-corrected chi connectivity index (χ1v) is 5.79. The summed E-state index contributed by atoms with van der Waals surface area (Å²) >= 11 is 3.40. The summed E-state index contributed by atoms with van der Waals surface area (Å²) < 4.78 is 0.912. The Hall–Kier alpha value is -1.75. The highest BCUT2D eigenvalue weighted by Crippen LogP contribution is 2.20. The van der Waals surface area contributed by atoms with Crippen LogP contribution in [0.15, 0.2) is 41.4 Å². The monoisotopic (exact) mass is 291 g/mol. The molecule has 1 heterocycles. The van der Waals surface area contributed by atoms with Crippen LogP contribution in [-0.2, 0) is 0 Å². The quantitative estimate of drug-likeness (QED) is 0.926. The minimum Gasteiger partial charge on any atom is -0.319 e. The summed E-state index contributed by atoms with van der Waals surface area (Å²) in [5, 5.41) is 2.74. The Bertz CT molecular complexity index is 543. The highest BCUT2D eigenvalue weighted by atomic mass is 79.9. The van der Waals surface area contributed by atoms with Gasteiger partial charge in [0.25, 0.3) is 5.91 Å². The van der Waals surface area contributed by atoms with Crippen molar-refractivity contribution in [3.05, 3.63) is 52.5 Å². The number of aromatic nitrogens is 2. The van der Waals surface area contributed by atoms with Gasteiger partial charge in [-0.2, -0.15) is 0 Å². The minimum absolute atomic E-state index is 0.168. The SMILES string of the molecule is Cc1c(Br)cccc1C(=O)Nc1cncnc1. The van der Waals surface area contributed by atoms with Crippen molar-refractivity contribution in [2.45, 2.75) is 6.92 Å². The van der Waals surface area contributed by atoms with Crippen LogP contribution in [0, 0.1) is 6.92 Å². The van der Waals surface area contributed by atoms with E-state index in [4.69, 9.17) is 0 Å². The Morgan fingerprint density at radius 2 is 2.00 bits per heavy atom. The van der Waals surface area contributed by atoms with Crippen molar-refractivity contribution in [2.75, 3.05) is 5.32 Å². The summed E-state index contributed by atoms with van der Waals surface area (Å²) in [6.07, 6.45) is 4.52. The molecule has 1 aromatic carbocycles. The molecule has 0 saturated carbocycles. The fraction of sp³-hybridized carbons (Fsp3) is 0.0833. The highest BCUT2D eigenvalue weighted by molar-refractivity contribution is 9.10. The Morgan fingerprint density at radius 3 is 2.71 bits per heavy atom. The van der Waals surface area contributed by atoms with Crippen LogP contribution in [0.5, 0.6) is 0 Å². The van der Waals surface area contributed by atoms with Gasteiger partial charge < -0.3 is 5.32 Å². The van der Waals surface area contributed by atoms with Gasteiger partial charge in [0.05, 0.1) is 18.1 Å². The molecular formula is C12H10BrN3O. The molecule has 2 rings (SSSR count). The number of benzene rings is 1. The van der Waals surface area contributed by atoms with E-state index in [2.05, 4.69) is 31.2 Å². The van der Waals surface area contributed by atoms with Gasteiger partial charge in [0.1, 0.15) is 6.33 Å². The van der Waals surface area contributed by atoms with Crippen LogP contribution in [0.3, 0.4) is 0 Å². The van der Waals surface area contributed by atoms with Crippen LogP contribution < -0.4 is 5.32 Å². The van der Waals surface area contributed by atoms with Crippen molar-refractivity contribution in [3.8, 4) is 0 Å². The van der Waals surface area contributed by atoms with Gasteiger partial charge in [-0.1, -0.05) is 22.0 Å². The number of hydrogen-bond acceptors (Lipinski definition) is 3. The third-order valence-electron chi connectivity index (χ3n) is 2.33. The number of hydrogen-bond donors (Lipinski definition) is 1. The topological polar surface area (TPSA) is 54.9 Å². The first kappa shape index (κ1) is 11.7. The molecule has 0 unspecified atom stereocenters. The lowest BCUT2D eigenvalue weighted by atomic mass is 10.1. The first-order valence-electron chi connectivity index (χ1n) is 5.00. The van der Waals surface area contributed by atoms with E-state index in [9.17, 15) is 4.79 Å². The summed E-state index contributed by atoms with van der Waals surface area (Å²) in [5.41, 5.74) is 2.11. The summed E-state index contributed by atoms with van der Waals surface area (Å²) in [6.45, 7) is 1.89. The zero-order valence-electron chi connectivity index (χ0n) is 9.14. The number of carbonyl (C=O) groups excluding carboxylic acids is 1. The van der Waals surface area contributed by atoms with E-state index in [0.717, 1.165) is 10.0 Å². The molecule has 0 radical (unpaired) electrons. The van der Waals surface area contributed by atoms with Gasteiger partial charge in [0.2, 0.25) is 0 Å². The van der Waals surface area contributed by atoms with Gasteiger partial charge in [0.15, 0.2) is 0 Å². The van der Waals surface area contributed by atoms with Crippen molar-refractivity contribution < 1.29 is 4.79 Å². The summed E-state index contributed by atoms with van der Waals surface area (Å²) in [5.74, 6) is -0.168. The predicted octanol–water partition coefficient (Wildman–Crippen LogP) is 2.80. The number of anilines is 1. The lowest BCUT2D eigenvalue weighted by Crippen LogP contribution is -2.13. The third kappa shape index (κ3) is 2.68. The lowest BCUT2D eigenvalue weighted by molar-refractivity contribution is 0.102. The fourth-order valence-corrected chi connectivity index (χ4v) is 1.78. The second-order valence-corrected chi connectivity index (χ2v) is 4.35. The molecule has 0 aliphatic heterocycles. The molecule has 86 valence electrons.